The molecule has 78 valence electrons. The highest BCUT2D eigenvalue weighted by Crippen LogP contribution is 2.31. The summed E-state index contributed by atoms with van der Waals surface area (Å²) in [7, 11) is 0. The summed E-state index contributed by atoms with van der Waals surface area (Å²) in [6.45, 7) is 8.90. The van der Waals surface area contributed by atoms with Gasteiger partial charge in [0.2, 0.25) is 0 Å². The molecule has 0 aromatic carbocycles. The zero-order chi connectivity index (χ0) is 10.8. The quantitative estimate of drug-likeness (QED) is 0.645. The van der Waals surface area contributed by atoms with Gasteiger partial charge in [-0.05, 0) is 36.3 Å². The molecule has 0 amide bonds. The van der Waals surface area contributed by atoms with Crippen molar-refractivity contribution in [1.82, 2.24) is 0 Å². The second kappa shape index (κ2) is 4.54. The summed E-state index contributed by atoms with van der Waals surface area (Å²) in [5, 5.41) is 0. The van der Waals surface area contributed by atoms with Crippen molar-refractivity contribution in [3.05, 3.63) is 23.1 Å². The summed E-state index contributed by atoms with van der Waals surface area (Å²) >= 11 is 3.69. The molecule has 2 heteroatoms. The Kier molecular flexibility index (Phi) is 3.85. The molecule has 0 atom stereocenters. The van der Waals surface area contributed by atoms with Crippen LogP contribution in [0.5, 0.6) is 0 Å². The molecule has 0 saturated carbocycles. The number of thiophene rings is 1. The van der Waals surface area contributed by atoms with E-state index in [1.54, 1.807) is 0 Å². The van der Waals surface area contributed by atoms with E-state index in [0.29, 0.717) is 0 Å². The lowest BCUT2D eigenvalue weighted by molar-refractivity contribution is 0.545. The molecule has 1 rings (SSSR count). The number of rotatable bonds is 2. The third kappa shape index (κ3) is 3.50. The monoisotopic (exact) mass is 226 g/mol. The Morgan fingerprint density at radius 1 is 1.36 bits per heavy atom. The van der Waals surface area contributed by atoms with Gasteiger partial charge in [0.1, 0.15) is 0 Å². The molecule has 0 radical (unpaired) electrons. The molecule has 0 aliphatic carbocycles. The van der Waals surface area contributed by atoms with Crippen molar-refractivity contribution >= 4 is 28.7 Å². The van der Waals surface area contributed by atoms with Crippen molar-refractivity contribution in [3.63, 3.8) is 0 Å². The molecule has 0 aliphatic heterocycles. The summed E-state index contributed by atoms with van der Waals surface area (Å²) in [5.41, 5.74) is 1.66. The second-order valence-electron chi connectivity index (χ2n) is 4.52. The highest BCUT2D eigenvalue weighted by atomic mass is 32.2. The maximum atomic E-state index is 2.34. The highest BCUT2D eigenvalue weighted by Gasteiger charge is 2.08. The van der Waals surface area contributed by atoms with E-state index in [0.717, 1.165) is 0 Å². The average Bonchev–Trinajstić information content (AvgIpc) is 2.48. The van der Waals surface area contributed by atoms with Gasteiger partial charge in [0, 0.05) is 4.88 Å². The van der Waals surface area contributed by atoms with Gasteiger partial charge in [0.25, 0.3) is 0 Å². The molecule has 14 heavy (non-hydrogen) atoms. The van der Waals surface area contributed by atoms with Crippen LogP contribution in [-0.2, 0) is 0 Å². The molecule has 0 unspecified atom stereocenters. The van der Waals surface area contributed by atoms with Crippen LogP contribution in [-0.4, -0.2) is 6.26 Å². The van der Waals surface area contributed by atoms with E-state index in [2.05, 4.69) is 52.2 Å². The fourth-order valence-corrected chi connectivity index (χ4v) is 2.88. The fraction of sp³-hybridized carbons (Fsp3) is 0.500. The van der Waals surface area contributed by atoms with Crippen LogP contribution in [0.1, 0.15) is 32.6 Å². The minimum Gasteiger partial charge on any atom is -0.129 e. The Hall–Kier alpha value is -0.210. The first-order valence-corrected chi connectivity index (χ1v) is 6.80. The average molecular weight is 226 g/mol. The van der Waals surface area contributed by atoms with Gasteiger partial charge in [-0.2, -0.15) is 0 Å². The van der Waals surface area contributed by atoms with E-state index in [1.807, 2.05) is 23.1 Å². The van der Waals surface area contributed by atoms with Crippen molar-refractivity contribution < 1.29 is 0 Å². The lowest BCUT2D eigenvalue weighted by Crippen LogP contribution is -1.99. The first-order valence-electron chi connectivity index (χ1n) is 4.76. The van der Waals surface area contributed by atoms with Crippen LogP contribution in [0.25, 0.3) is 5.57 Å². The fourth-order valence-electron chi connectivity index (χ4n) is 1.36. The van der Waals surface area contributed by atoms with Crippen molar-refractivity contribution in [3.8, 4) is 0 Å². The minimum absolute atomic E-state index is 0.271. The molecular weight excluding hydrogens is 208 g/mol. The Morgan fingerprint density at radius 2 is 2.00 bits per heavy atom. The number of thioether (sulfide) groups is 1. The third-order valence-electron chi connectivity index (χ3n) is 1.82. The van der Waals surface area contributed by atoms with Gasteiger partial charge in [-0.15, -0.1) is 23.1 Å². The molecule has 0 aliphatic rings. The van der Waals surface area contributed by atoms with Crippen LogP contribution in [0, 0.1) is 5.41 Å². The van der Waals surface area contributed by atoms with E-state index < -0.39 is 0 Å². The summed E-state index contributed by atoms with van der Waals surface area (Å²) in [5.74, 6) is 0. The molecule has 0 spiro atoms. The largest absolute Gasteiger partial charge is 0.129 e. The maximum absolute atomic E-state index is 2.34. The van der Waals surface area contributed by atoms with E-state index in [9.17, 15) is 0 Å². The molecule has 0 N–H and O–H groups in total. The Morgan fingerprint density at radius 3 is 2.43 bits per heavy atom. The van der Waals surface area contributed by atoms with Gasteiger partial charge in [0.15, 0.2) is 0 Å². The minimum atomic E-state index is 0.271. The van der Waals surface area contributed by atoms with Crippen LogP contribution in [0.15, 0.2) is 22.4 Å². The Balaban J connectivity index is 2.89. The van der Waals surface area contributed by atoms with Crippen LogP contribution < -0.4 is 0 Å². The molecule has 1 heterocycles. The van der Waals surface area contributed by atoms with Crippen molar-refractivity contribution in [1.29, 1.82) is 0 Å². The maximum Gasteiger partial charge on any atom is 0.0602 e. The Labute approximate surface area is 95.4 Å². The predicted molar refractivity (Wildman–Crippen MR) is 69.2 cm³/mol. The van der Waals surface area contributed by atoms with Crippen LogP contribution in [0.2, 0.25) is 0 Å². The summed E-state index contributed by atoms with van der Waals surface area (Å²) < 4.78 is 1.39. The van der Waals surface area contributed by atoms with E-state index in [4.69, 9.17) is 0 Å². The number of hydrogen-bond donors (Lipinski definition) is 0. The third-order valence-corrected chi connectivity index (χ3v) is 4.12. The van der Waals surface area contributed by atoms with E-state index >= 15 is 0 Å². The van der Waals surface area contributed by atoms with Crippen LogP contribution in [0.4, 0.5) is 0 Å². The summed E-state index contributed by atoms with van der Waals surface area (Å²) in [4.78, 5) is 1.39. The molecular formula is C12H18S2. The highest BCUT2D eigenvalue weighted by molar-refractivity contribution is 8.00. The lowest BCUT2D eigenvalue weighted by atomic mass is 9.93. The normalized spacial score (nSPS) is 13.4. The van der Waals surface area contributed by atoms with Gasteiger partial charge >= 0.3 is 0 Å². The van der Waals surface area contributed by atoms with E-state index in [1.165, 1.54) is 14.7 Å². The summed E-state index contributed by atoms with van der Waals surface area (Å²) in [6.07, 6.45) is 4.46. The lowest BCUT2D eigenvalue weighted by Gasteiger charge is -2.13. The standard InChI is InChI=1S/C12H18S2/c1-9(8-12(2,3)4)10-6-7-11(13-5)14-10/h6-8H,1-5H3/b9-8+. The zero-order valence-corrected chi connectivity index (χ0v) is 11.2. The molecule has 1 aromatic rings. The smallest absolute Gasteiger partial charge is 0.0602 e. The second-order valence-corrected chi connectivity index (χ2v) is 6.71. The van der Waals surface area contributed by atoms with Gasteiger partial charge in [-0.25, -0.2) is 0 Å². The SMILES string of the molecule is CSc1ccc(/C(C)=C/C(C)(C)C)s1. The molecule has 1 aromatic heterocycles. The zero-order valence-electron chi connectivity index (χ0n) is 9.55. The van der Waals surface area contributed by atoms with Crippen LogP contribution >= 0.6 is 23.1 Å². The van der Waals surface area contributed by atoms with E-state index in [-0.39, 0.29) is 5.41 Å². The molecule has 0 saturated heterocycles. The first kappa shape index (κ1) is 11.9. The number of allylic oxidation sites excluding steroid dienone is 2. The topological polar surface area (TPSA) is 0 Å². The van der Waals surface area contributed by atoms with Crippen molar-refractivity contribution in [2.24, 2.45) is 5.41 Å². The molecule has 0 bridgehead atoms. The van der Waals surface area contributed by atoms with Crippen molar-refractivity contribution in [2.45, 2.75) is 31.9 Å². The van der Waals surface area contributed by atoms with Gasteiger partial charge < -0.3 is 0 Å². The van der Waals surface area contributed by atoms with Crippen LogP contribution in [0.3, 0.4) is 0 Å². The van der Waals surface area contributed by atoms with Crippen molar-refractivity contribution in [2.75, 3.05) is 6.26 Å². The summed E-state index contributed by atoms with van der Waals surface area (Å²) in [6, 6.07) is 4.42. The number of hydrogen-bond acceptors (Lipinski definition) is 2. The van der Waals surface area contributed by atoms with Gasteiger partial charge in [-0.3, -0.25) is 0 Å². The van der Waals surface area contributed by atoms with Gasteiger partial charge in [-0.1, -0.05) is 26.8 Å². The molecule has 0 nitrogen and oxygen atoms in total. The first-order chi connectivity index (χ1) is 6.42. The molecule has 0 fully saturated rings. The Bertz CT molecular complexity index is 326. The van der Waals surface area contributed by atoms with Gasteiger partial charge in [0.05, 0.1) is 4.21 Å². The predicted octanol–water partition coefficient (Wildman–Crippen LogP) is 4.92.